The number of aliphatic carboxylic acids is 1. The number of carboxylic acid groups (broad SMARTS) is 1. The minimum Gasteiger partial charge on any atom is -0.478 e. The van der Waals surface area contributed by atoms with Crippen LogP contribution in [-0.4, -0.2) is 49.1 Å². The largest absolute Gasteiger partial charge is 0.478 e. The number of likely N-dealkylation sites (N-methyl/N-ethyl adjacent to an activating group) is 1. The van der Waals surface area contributed by atoms with Crippen LogP contribution in [0.15, 0.2) is 35.2 Å². The van der Waals surface area contributed by atoms with Crippen LogP contribution in [0.3, 0.4) is 0 Å². The van der Waals surface area contributed by atoms with Crippen molar-refractivity contribution in [2.75, 3.05) is 20.2 Å². The van der Waals surface area contributed by atoms with Gasteiger partial charge < -0.3 is 10.2 Å². The van der Waals surface area contributed by atoms with E-state index in [2.05, 4.69) is 0 Å². The van der Waals surface area contributed by atoms with E-state index in [-0.39, 0.29) is 18.0 Å². The molecule has 0 fully saturated rings. The van der Waals surface area contributed by atoms with Crippen LogP contribution < -0.4 is 0 Å². The van der Waals surface area contributed by atoms with Crippen molar-refractivity contribution in [3.05, 3.63) is 35.9 Å². The molecule has 0 atom stereocenters. The van der Waals surface area contributed by atoms with Gasteiger partial charge in [-0.1, -0.05) is 12.1 Å². The topological polar surface area (TPSA) is 94.9 Å². The van der Waals surface area contributed by atoms with Crippen LogP contribution in [-0.2, 0) is 14.8 Å². The molecule has 0 aliphatic rings. The predicted octanol–water partition coefficient (Wildman–Crippen LogP) is 0.397. The number of sulfonamides is 1. The molecule has 6 nitrogen and oxygen atoms in total. The summed E-state index contributed by atoms with van der Waals surface area (Å²) in [5.41, 5.74) is 0.473. The van der Waals surface area contributed by atoms with Crippen LogP contribution in [0.1, 0.15) is 5.56 Å². The van der Waals surface area contributed by atoms with Gasteiger partial charge in [-0.15, -0.1) is 0 Å². The summed E-state index contributed by atoms with van der Waals surface area (Å²) in [5.74, 6) is -1.11. The van der Waals surface area contributed by atoms with Crippen LogP contribution in [0.5, 0.6) is 0 Å². The lowest BCUT2D eigenvalue weighted by Crippen LogP contribution is -2.29. The van der Waals surface area contributed by atoms with E-state index < -0.39 is 16.0 Å². The Labute approximate surface area is 111 Å². The smallest absolute Gasteiger partial charge is 0.328 e. The third-order valence-corrected chi connectivity index (χ3v) is 4.25. The van der Waals surface area contributed by atoms with Crippen LogP contribution in [0.2, 0.25) is 0 Å². The van der Waals surface area contributed by atoms with Crippen molar-refractivity contribution in [1.29, 1.82) is 0 Å². The number of hydrogen-bond donors (Lipinski definition) is 2. The highest BCUT2D eigenvalue weighted by molar-refractivity contribution is 7.89. The van der Waals surface area contributed by atoms with Crippen molar-refractivity contribution >= 4 is 22.1 Å². The summed E-state index contributed by atoms with van der Waals surface area (Å²) in [6.07, 6.45) is 2.25. The zero-order valence-corrected chi connectivity index (χ0v) is 11.2. The van der Waals surface area contributed by atoms with Gasteiger partial charge in [0.15, 0.2) is 0 Å². The highest BCUT2D eigenvalue weighted by Gasteiger charge is 2.19. The third-order valence-electron chi connectivity index (χ3n) is 2.40. The van der Waals surface area contributed by atoms with Crippen molar-refractivity contribution in [1.82, 2.24) is 4.31 Å². The van der Waals surface area contributed by atoms with Gasteiger partial charge >= 0.3 is 5.97 Å². The molecule has 0 aliphatic carbocycles. The van der Waals surface area contributed by atoms with Crippen molar-refractivity contribution in [3.8, 4) is 0 Å². The highest BCUT2D eigenvalue weighted by Crippen LogP contribution is 2.16. The maximum Gasteiger partial charge on any atom is 0.328 e. The summed E-state index contributed by atoms with van der Waals surface area (Å²) in [6, 6.07) is 5.93. The fourth-order valence-corrected chi connectivity index (χ4v) is 2.60. The Balaban J connectivity index is 3.08. The van der Waals surface area contributed by atoms with E-state index in [1.54, 1.807) is 6.07 Å². The lowest BCUT2D eigenvalue weighted by atomic mass is 10.2. The molecular formula is C12H15NO5S. The second kappa shape index (κ2) is 6.46. The quantitative estimate of drug-likeness (QED) is 0.738. The molecule has 0 radical (unpaired) electrons. The van der Waals surface area contributed by atoms with Gasteiger partial charge in [0.1, 0.15) is 0 Å². The standard InChI is InChI=1S/C12H15NO5S/c1-13(7-8-14)19(17,18)11-4-2-3-10(9-11)5-6-12(15)16/h2-6,9,14H,7-8H2,1H3,(H,15,16). The summed E-state index contributed by atoms with van der Waals surface area (Å²) in [5, 5.41) is 17.3. The number of aliphatic hydroxyl groups excluding tert-OH is 1. The van der Waals surface area contributed by atoms with Gasteiger partial charge in [-0.25, -0.2) is 13.2 Å². The molecule has 1 aromatic rings. The zero-order valence-electron chi connectivity index (χ0n) is 10.4. The first-order valence-corrected chi connectivity index (χ1v) is 6.90. The molecule has 0 spiro atoms. The van der Waals surface area contributed by atoms with Crippen molar-refractivity contribution in [2.24, 2.45) is 0 Å². The summed E-state index contributed by atoms with van der Waals surface area (Å²) in [6.45, 7) is -0.272. The van der Waals surface area contributed by atoms with E-state index in [4.69, 9.17) is 10.2 Å². The number of carboxylic acids is 1. The van der Waals surface area contributed by atoms with Crippen molar-refractivity contribution in [2.45, 2.75) is 4.90 Å². The molecule has 104 valence electrons. The molecule has 19 heavy (non-hydrogen) atoms. The second-order valence-corrected chi connectivity index (χ2v) is 5.84. The van der Waals surface area contributed by atoms with E-state index in [0.29, 0.717) is 5.56 Å². The number of nitrogens with zero attached hydrogens (tertiary/aromatic N) is 1. The second-order valence-electron chi connectivity index (χ2n) is 3.79. The number of carbonyl (C=O) groups is 1. The Morgan fingerprint density at radius 3 is 2.68 bits per heavy atom. The lowest BCUT2D eigenvalue weighted by Gasteiger charge is -2.15. The molecule has 1 rings (SSSR count). The van der Waals surface area contributed by atoms with Gasteiger partial charge in [0.05, 0.1) is 11.5 Å². The van der Waals surface area contributed by atoms with Crippen LogP contribution in [0.4, 0.5) is 0 Å². The fourth-order valence-electron chi connectivity index (χ4n) is 1.39. The Morgan fingerprint density at radius 1 is 1.42 bits per heavy atom. The first kappa shape index (κ1) is 15.4. The van der Waals surface area contributed by atoms with Crippen LogP contribution >= 0.6 is 0 Å². The molecule has 1 aromatic carbocycles. The van der Waals surface area contributed by atoms with Gasteiger partial charge in [-0.3, -0.25) is 0 Å². The molecule has 0 unspecified atom stereocenters. The van der Waals surface area contributed by atoms with E-state index >= 15 is 0 Å². The van der Waals surface area contributed by atoms with Gasteiger partial charge in [-0.05, 0) is 23.8 Å². The minimum atomic E-state index is -3.67. The molecule has 0 saturated carbocycles. The average molecular weight is 285 g/mol. The van der Waals surface area contributed by atoms with Gasteiger partial charge in [0.2, 0.25) is 10.0 Å². The molecule has 2 N–H and O–H groups in total. The van der Waals surface area contributed by atoms with Crippen LogP contribution in [0, 0.1) is 0 Å². The first-order valence-electron chi connectivity index (χ1n) is 5.46. The molecule has 0 bridgehead atoms. The Bertz CT molecular complexity index is 580. The summed E-state index contributed by atoms with van der Waals surface area (Å²) in [4.78, 5) is 10.5. The van der Waals surface area contributed by atoms with E-state index in [0.717, 1.165) is 10.4 Å². The Kier molecular flexibility index (Phi) is 5.22. The summed E-state index contributed by atoms with van der Waals surface area (Å²) in [7, 11) is -2.30. The number of rotatable bonds is 6. The van der Waals surface area contributed by atoms with Crippen LogP contribution in [0.25, 0.3) is 6.08 Å². The van der Waals surface area contributed by atoms with Gasteiger partial charge in [0, 0.05) is 19.7 Å². The van der Waals surface area contributed by atoms with Crippen molar-refractivity contribution in [3.63, 3.8) is 0 Å². The minimum absolute atomic E-state index is 0.00245. The van der Waals surface area contributed by atoms with Gasteiger partial charge in [-0.2, -0.15) is 4.31 Å². The maximum absolute atomic E-state index is 12.1. The average Bonchev–Trinajstić information content (AvgIpc) is 2.37. The predicted molar refractivity (Wildman–Crippen MR) is 70.0 cm³/mol. The zero-order chi connectivity index (χ0) is 14.5. The van der Waals surface area contributed by atoms with Crippen molar-refractivity contribution < 1.29 is 23.4 Å². The fraction of sp³-hybridized carbons (Fsp3) is 0.250. The molecule has 0 aliphatic heterocycles. The molecular weight excluding hydrogens is 270 g/mol. The SMILES string of the molecule is CN(CCO)S(=O)(=O)c1cccc(C=CC(=O)O)c1. The lowest BCUT2D eigenvalue weighted by molar-refractivity contribution is -0.131. The molecule has 0 heterocycles. The third kappa shape index (κ3) is 4.16. The number of benzene rings is 1. The molecule has 0 amide bonds. The first-order chi connectivity index (χ1) is 8.87. The normalized spacial score (nSPS) is 12.2. The summed E-state index contributed by atoms with van der Waals surface area (Å²) >= 11 is 0. The molecule has 0 saturated heterocycles. The highest BCUT2D eigenvalue weighted by atomic mass is 32.2. The number of hydrogen-bond acceptors (Lipinski definition) is 4. The Morgan fingerprint density at radius 2 is 2.11 bits per heavy atom. The van der Waals surface area contributed by atoms with Gasteiger partial charge in [0.25, 0.3) is 0 Å². The summed E-state index contributed by atoms with van der Waals surface area (Å²) < 4.78 is 25.2. The van der Waals surface area contributed by atoms with E-state index in [1.807, 2.05) is 0 Å². The van der Waals surface area contributed by atoms with E-state index in [9.17, 15) is 13.2 Å². The molecule has 0 aromatic heterocycles. The monoisotopic (exact) mass is 285 g/mol. The Hall–Kier alpha value is -1.70. The molecule has 7 heteroatoms. The number of aliphatic hydroxyl groups is 1. The maximum atomic E-state index is 12.1. The van der Waals surface area contributed by atoms with E-state index in [1.165, 1.54) is 31.3 Å².